The fourth-order valence-electron chi connectivity index (χ4n) is 1.30. The molecule has 0 heterocycles. The van der Waals surface area contributed by atoms with E-state index in [0.717, 1.165) is 5.75 Å². The van der Waals surface area contributed by atoms with Crippen molar-refractivity contribution in [1.29, 1.82) is 0 Å². The van der Waals surface area contributed by atoms with Crippen molar-refractivity contribution in [2.75, 3.05) is 0 Å². The minimum Gasteiger partial charge on any atom is -0.699 e. The van der Waals surface area contributed by atoms with Crippen molar-refractivity contribution in [1.82, 2.24) is 0 Å². The summed E-state index contributed by atoms with van der Waals surface area (Å²) >= 11 is 0. The first kappa shape index (κ1) is 9.59. The highest BCUT2D eigenvalue weighted by Crippen LogP contribution is 2.24. The zero-order chi connectivity index (χ0) is 10.7. The van der Waals surface area contributed by atoms with E-state index in [0.29, 0.717) is 11.4 Å². The van der Waals surface area contributed by atoms with Crippen LogP contribution < -0.4 is 4.74 Å². The summed E-state index contributed by atoms with van der Waals surface area (Å²) in [6, 6.07) is 14.9. The van der Waals surface area contributed by atoms with Crippen LogP contribution >= 0.6 is 0 Å². The molecule has 0 unspecified atom stereocenters. The van der Waals surface area contributed by atoms with Gasteiger partial charge in [0.25, 0.3) is 0 Å². The summed E-state index contributed by atoms with van der Waals surface area (Å²) in [6.07, 6.45) is 0. The average Bonchev–Trinajstić information content (AvgIpc) is 2.22. The normalized spacial score (nSPS) is 9.93. The Balaban J connectivity index is 2.18. The van der Waals surface area contributed by atoms with Gasteiger partial charge in [0.15, 0.2) is 0 Å². The zero-order valence-corrected chi connectivity index (χ0v) is 8.53. The quantitative estimate of drug-likeness (QED) is 0.700. The Morgan fingerprint density at radius 3 is 2.33 bits per heavy atom. The van der Waals surface area contributed by atoms with Gasteiger partial charge < -0.3 is 10.5 Å². The second kappa shape index (κ2) is 4.05. The molecule has 2 nitrogen and oxygen atoms in total. The van der Waals surface area contributed by atoms with Crippen LogP contribution in [0.5, 0.6) is 11.5 Å². The molecule has 76 valence electrons. The van der Waals surface area contributed by atoms with Crippen molar-refractivity contribution < 1.29 is 4.74 Å². The Bertz CT molecular complexity index is 448. The van der Waals surface area contributed by atoms with Gasteiger partial charge >= 0.3 is 0 Å². The second-order valence-corrected chi connectivity index (χ2v) is 3.44. The summed E-state index contributed by atoms with van der Waals surface area (Å²) in [5.41, 5.74) is 9.12. The SMILES string of the molecule is Cc1ccc(Oc2cccc([NH-])c2)cc1. The number of hydrogen-bond acceptors (Lipinski definition) is 1. The Hall–Kier alpha value is -1.96. The lowest BCUT2D eigenvalue weighted by Gasteiger charge is -2.08. The van der Waals surface area contributed by atoms with Gasteiger partial charge in [0.05, 0.1) is 0 Å². The van der Waals surface area contributed by atoms with Gasteiger partial charge in [-0.1, -0.05) is 29.8 Å². The molecular formula is C13H12NO-. The van der Waals surface area contributed by atoms with Crippen LogP contribution in [0, 0.1) is 6.92 Å². The van der Waals surface area contributed by atoms with Crippen LogP contribution in [0.15, 0.2) is 48.5 Å². The first-order valence-corrected chi connectivity index (χ1v) is 4.80. The van der Waals surface area contributed by atoms with Crippen LogP contribution in [-0.2, 0) is 0 Å². The van der Waals surface area contributed by atoms with Gasteiger partial charge in [-0.2, -0.15) is 0 Å². The molecule has 0 fully saturated rings. The highest BCUT2D eigenvalue weighted by atomic mass is 16.5. The van der Waals surface area contributed by atoms with Crippen LogP contribution in [-0.4, -0.2) is 0 Å². The smallest absolute Gasteiger partial charge is 0.127 e. The van der Waals surface area contributed by atoms with Gasteiger partial charge in [0.2, 0.25) is 0 Å². The van der Waals surface area contributed by atoms with Gasteiger partial charge in [0.1, 0.15) is 11.5 Å². The van der Waals surface area contributed by atoms with E-state index in [9.17, 15) is 0 Å². The summed E-state index contributed by atoms with van der Waals surface area (Å²) in [5, 5.41) is 0. The van der Waals surface area contributed by atoms with E-state index in [-0.39, 0.29) is 0 Å². The maximum Gasteiger partial charge on any atom is 0.127 e. The molecule has 0 aromatic heterocycles. The molecule has 0 atom stereocenters. The molecule has 1 N–H and O–H groups in total. The molecule has 15 heavy (non-hydrogen) atoms. The molecule has 0 aliphatic heterocycles. The molecule has 2 rings (SSSR count). The number of rotatable bonds is 2. The molecule has 2 heteroatoms. The van der Waals surface area contributed by atoms with Crippen molar-refractivity contribution in [3.05, 3.63) is 59.8 Å². The van der Waals surface area contributed by atoms with Crippen molar-refractivity contribution in [2.45, 2.75) is 6.92 Å². The van der Waals surface area contributed by atoms with E-state index in [1.54, 1.807) is 12.1 Å². The minimum absolute atomic E-state index is 0.458. The fourth-order valence-corrected chi connectivity index (χ4v) is 1.30. The third-order valence-corrected chi connectivity index (χ3v) is 2.09. The number of benzene rings is 2. The van der Waals surface area contributed by atoms with Gasteiger partial charge in [-0.05, 0) is 31.2 Å². The van der Waals surface area contributed by atoms with Crippen LogP contribution in [0.1, 0.15) is 5.56 Å². The van der Waals surface area contributed by atoms with Crippen LogP contribution in [0.2, 0.25) is 0 Å². The standard InChI is InChI=1S/C13H12NO/c1-10-5-7-12(8-6-10)15-13-4-2-3-11(14)9-13/h2-9,14H,1H3/q-1. The largest absolute Gasteiger partial charge is 0.699 e. The van der Waals surface area contributed by atoms with E-state index >= 15 is 0 Å². The Morgan fingerprint density at radius 2 is 1.67 bits per heavy atom. The van der Waals surface area contributed by atoms with E-state index < -0.39 is 0 Å². The molecule has 0 amide bonds. The van der Waals surface area contributed by atoms with Crippen molar-refractivity contribution in [3.63, 3.8) is 0 Å². The maximum atomic E-state index is 7.46. The van der Waals surface area contributed by atoms with E-state index in [2.05, 4.69) is 0 Å². The molecule has 0 bridgehead atoms. The Morgan fingerprint density at radius 1 is 0.933 bits per heavy atom. The number of hydrogen-bond donors (Lipinski definition) is 0. The minimum atomic E-state index is 0.458. The van der Waals surface area contributed by atoms with Gasteiger partial charge in [-0.3, -0.25) is 0 Å². The van der Waals surface area contributed by atoms with E-state index in [4.69, 9.17) is 10.5 Å². The zero-order valence-electron chi connectivity index (χ0n) is 8.53. The molecule has 2 aromatic carbocycles. The topological polar surface area (TPSA) is 33.0 Å². The highest BCUT2D eigenvalue weighted by Gasteiger charge is 1.95. The first-order valence-electron chi connectivity index (χ1n) is 4.80. The van der Waals surface area contributed by atoms with Gasteiger partial charge in [-0.25, -0.2) is 0 Å². The summed E-state index contributed by atoms with van der Waals surface area (Å²) in [7, 11) is 0. The molecule has 0 aliphatic rings. The van der Waals surface area contributed by atoms with Crippen LogP contribution in [0.25, 0.3) is 5.73 Å². The molecule has 2 aromatic rings. The predicted molar refractivity (Wildman–Crippen MR) is 61.7 cm³/mol. The fraction of sp³-hybridized carbons (Fsp3) is 0.0769. The average molecular weight is 198 g/mol. The lowest BCUT2D eigenvalue weighted by atomic mass is 10.2. The molecular weight excluding hydrogens is 186 g/mol. The van der Waals surface area contributed by atoms with Crippen molar-refractivity contribution >= 4 is 5.69 Å². The summed E-state index contributed by atoms with van der Waals surface area (Å²) in [5.74, 6) is 1.50. The summed E-state index contributed by atoms with van der Waals surface area (Å²) < 4.78 is 5.59. The number of nitrogens with one attached hydrogen (secondary N) is 1. The monoisotopic (exact) mass is 198 g/mol. The molecule has 0 saturated carbocycles. The van der Waals surface area contributed by atoms with Crippen molar-refractivity contribution in [2.24, 2.45) is 0 Å². The lowest BCUT2D eigenvalue weighted by molar-refractivity contribution is 0.483. The van der Waals surface area contributed by atoms with Crippen LogP contribution in [0.3, 0.4) is 0 Å². The Labute approximate surface area is 89.3 Å². The molecule has 0 spiro atoms. The predicted octanol–water partition coefficient (Wildman–Crippen LogP) is 4.47. The van der Waals surface area contributed by atoms with Crippen molar-refractivity contribution in [3.8, 4) is 11.5 Å². The second-order valence-electron chi connectivity index (χ2n) is 3.44. The molecule has 0 saturated heterocycles. The molecule has 0 radical (unpaired) electrons. The Kier molecular flexibility index (Phi) is 2.59. The van der Waals surface area contributed by atoms with Gasteiger partial charge in [-0.15, -0.1) is 5.69 Å². The summed E-state index contributed by atoms with van der Waals surface area (Å²) in [4.78, 5) is 0. The third kappa shape index (κ3) is 2.50. The summed E-state index contributed by atoms with van der Waals surface area (Å²) in [6.45, 7) is 2.04. The van der Waals surface area contributed by atoms with Gasteiger partial charge in [0, 0.05) is 0 Å². The highest BCUT2D eigenvalue weighted by molar-refractivity contribution is 5.48. The third-order valence-electron chi connectivity index (χ3n) is 2.09. The van der Waals surface area contributed by atoms with E-state index in [1.165, 1.54) is 5.56 Å². The number of aryl methyl sites for hydroxylation is 1. The lowest BCUT2D eigenvalue weighted by Crippen LogP contribution is -1.83. The van der Waals surface area contributed by atoms with E-state index in [1.807, 2.05) is 43.3 Å². The van der Waals surface area contributed by atoms with Crippen LogP contribution in [0.4, 0.5) is 5.69 Å². The maximum absolute atomic E-state index is 7.46. The molecule has 0 aliphatic carbocycles. The first-order chi connectivity index (χ1) is 7.24. The number of ether oxygens (including phenoxy) is 1.